The molecule has 0 aliphatic carbocycles. The normalized spacial score (nSPS) is 11.0. The summed E-state index contributed by atoms with van der Waals surface area (Å²) < 4.78 is 9.29. The van der Waals surface area contributed by atoms with Crippen molar-refractivity contribution in [2.75, 3.05) is 13.2 Å². The van der Waals surface area contributed by atoms with Gasteiger partial charge in [-0.05, 0) is 0 Å². The van der Waals surface area contributed by atoms with Gasteiger partial charge in [-0.3, -0.25) is 0 Å². The minimum absolute atomic E-state index is 0.567. The van der Waals surface area contributed by atoms with Crippen LogP contribution in [-0.2, 0) is 17.8 Å². The zero-order chi connectivity index (χ0) is 18.3. The lowest BCUT2D eigenvalue weighted by molar-refractivity contribution is 0.113. The van der Waals surface area contributed by atoms with Crippen LogP contribution in [0.5, 0.6) is 0 Å². The van der Waals surface area contributed by atoms with E-state index in [2.05, 4.69) is 20.6 Å². The van der Waals surface area contributed by atoms with Crippen LogP contribution in [0.25, 0.3) is 22.5 Å². The third kappa shape index (κ3) is 4.45. The summed E-state index contributed by atoms with van der Waals surface area (Å²) >= 11 is 0. The van der Waals surface area contributed by atoms with Crippen molar-refractivity contribution in [1.82, 2.24) is 30.0 Å². The highest BCUT2D eigenvalue weighted by molar-refractivity contribution is 5.57. The number of ether oxygens (including phenoxy) is 1. The Morgan fingerprint density at radius 1 is 0.630 bits per heavy atom. The molecule has 2 heterocycles. The molecule has 0 saturated heterocycles. The molecule has 7 nitrogen and oxygen atoms in total. The molecular weight excluding hydrogens is 340 g/mol. The number of hydrogen-bond donors (Lipinski definition) is 0. The molecule has 0 unspecified atom stereocenters. The summed E-state index contributed by atoms with van der Waals surface area (Å²) in [5.41, 5.74) is 3.86. The van der Waals surface area contributed by atoms with E-state index < -0.39 is 0 Å². The maximum Gasteiger partial charge on any atom is 0.113 e. The van der Waals surface area contributed by atoms with Gasteiger partial charge in [0.1, 0.15) is 11.4 Å². The maximum absolute atomic E-state index is 5.69. The fourth-order valence-corrected chi connectivity index (χ4v) is 2.72. The van der Waals surface area contributed by atoms with Gasteiger partial charge in [0.25, 0.3) is 0 Å². The smallest absolute Gasteiger partial charge is 0.113 e. The summed E-state index contributed by atoms with van der Waals surface area (Å²) in [6.45, 7) is 2.45. The molecule has 0 aliphatic rings. The predicted octanol–water partition coefficient (Wildman–Crippen LogP) is 2.92. The maximum atomic E-state index is 5.69. The second kappa shape index (κ2) is 8.37. The molecule has 4 rings (SSSR count). The molecule has 0 spiro atoms. The van der Waals surface area contributed by atoms with E-state index in [0.29, 0.717) is 26.3 Å². The molecule has 0 N–H and O–H groups in total. The SMILES string of the molecule is c1ccc(-c2cn(CCOCCn3cc(-c4ccccc4)nn3)nn2)cc1. The first-order valence-electron chi connectivity index (χ1n) is 8.87. The summed E-state index contributed by atoms with van der Waals surface area (Å²) in [7, 11) is 0. The van der Waals surface area contributed by atoms with Gasteiger partial charge in [0.2, 0.25) is 0 Å². The Kier molecular flexibility index (Phi) is 5.31. The van der Waals surface area contributed by atoms with E-state index >= 15 is 0 Å². The van der Waals surface area contributed by atoms with Crippen LogP contribution in [0.3, 0.4) is 0 Å². The van der Waals surface area contributed by atoms with Crippen molar-refractivity contribution in [3.05, 3.63) is 73.1 Å². The Labute approximate surface area is 157 Å². The Balaban J connectivity index is 1.21. The highest BCUT2D eigenvalue weighted by atomic mass is 16.5. The zero-order valence-corrected chi connectivity index (χ0v) is 14.8. The summed E-state index contributed by atoms with van der Waals surface area (Å²) in [6.07, 6.45) is 3.87. The fourth-order valence-electron chi connectivity index (χ4n) is 2.72. The van der Waals surface area contributed by atoms with E-state index in [0.717, 1.165) is 22.5 Å². The minimum atomic E-state index is 0.567. The Bertz CT molecular complexity index is 885. The van der Waals surface area contributed by atoms with Gasteiger partial charge in [-0.15, -0.1) is 10.2 Å². The van der Waals surface area contributed by atoms with Gasteiger partial charge in [-0.25, -0.2) is 9.36 Å². The van der Waals surface area contributed by atoms with Crippen molar-refractivity contribution < 1.29 is 4.74 Å². The highest BCUT2D eigenvalue weighted by Crippen LogP contribution is 2.15. The number of benzene rings is 2. The zero-order valence-electron chi connectivity index (χ0n) is 14.8. The first kappa shape index (κ1) is 17.1. The highest BCUT2D eigenvalue weighted by Gasteiger charge is 2.04. The Morgan fingerprint density at radius 2 is 1.07 bits per heavy atom. The molecule has 0 amide bonds. The molecule has 0 saturated carbocycles. The van der Waals surface area contributed by atoms with Crippen molar-refractivity contribution >= 4 is 0 Å². The van der Waals surface area contributed by atoms with Crippen molar-refractivity contribution in [1.29, 1.82) is 0 Å². The molecule has 27 heavy (non-hydrogen) atoms. The van der Waals surface area contributed by atoms with Crippen molar-refractivity contribution in [3.8, 4) is 22.5 Å². The quantitative estimate of drug-likeness (QED) is 0.452. The van der Waals surface area contributed by atoms with Crippen LogP contribution < -0.4 is 0 Å². The van der Waals surface area contributed by atoms with Crippen LogP contribution in [0, 0.1) is 0 Å². The average Bonchev–Trinajstić information content (AvgIpc) is 3.39. The van der Waals surface area contributed by atoms with Crippen LogP contribution in [-0.4, -0.2) is 43.2 Å². The Morgan fingerprint density at radius 3 is 1.52 bits per heavy atom. The lowest BCUT2D eigenvalue weighted by Gasteiger charge is -2.03. The van der Waals surface area contributed by atoms with Gasteiger partial charge in [-0.2, -0.15) is 0 Å². The number of hydrogen-bond acceptors (Lipinski definition) is 5. The third-order valence-corrected chi connectivity index (χ3v) is 4.15. The van der Waals surface area contributed by atoms with Gasteiger partial charge < -0.3 is 4.74 Å². The van der Waals surface area contributed by atoms with Gasteiger partial charge in [0.15, 0.2) is 0 Å². The summed E-state index contributed by atoms with van der Waals surface area (Å²) in [4.78, 5) is 0. The minimum Gasteiger partial charge on any atom is -0.378 e. The van der Waals surface area contributed by atoms with E-state index in [1.165, 1.54) is 0 Å². The standard InChI is InChI=1S/C20H20N6O/c1-3-7-17(8-4-1)19-15-25(23-21-19)11-13-27-14-12-26-16-20(22-24-26)18-9-5-2-6-10-18/h1-10,15-16H,11-14H2. The number of aromatic nitrogens is 6. The van der Waals surface area contributed by atoms with Crippen molar-refractivity contribution in [2.45, 2.75) is 13.1 Å². The number of nitrogens with zero attached hydrogens (tertiary/aromatic N) is 6. The van der Waals surface area contributed by atoms with Crippen LogP contribution >= 0.6 is 0 Å². The fraction of sp³-hybridized carbons (Fsp3) is 0.200. The summed E-state index contributed by atoms with van der Waals surface area (Å²) in [6, 6.07) is 20.0. The van der Waals surface area contributed by atoms with Gasteiger partial charge in [0, 0.05) is 11.1 Å². The van der Waals surface area contributed by atoms with Gasteiger partial charge in [0.05, 0.1) is 38.7 Å². The first-order valence-corrected chi connectivity index (χ1v) is 8.87. The molecule has 136 valence electrons. The van der Waals surface area contributed by atoms with Gasteiger partial charge >= 0.3 is 0 Å². The number of rotatable bonds is 8. The molecule has 2 aromatic carbocycles. The average molecular weight is 360 g/mol. The van der Waals surface area contributed by atoms with Crippen LogP contribution in [0.1, 0.15) is 0 Å². The van der Waals surface area contributed by atoms with Crippen molar-refractivity contribution in [2.24, 2.45) is 0 Å². The lowest BCUT2D eigenvalue weighted by atomic mass is 10.2. The lowest BCUT2D eigenvalue weighted by Crippen LogP contribution is -2.11. The predicted molar refractivity (Wildman–Crippen MR) is 102 cm³/mol. The second-order valence-electron chi connectivity index (χ2n) is 6.08. The van der Waals surface area contributed by atoms with E-state index in [1.54, 1.807) is 9.36 Å². The molecule has 0 atom stereocenters. The van der Waals surface area contributed by atoms with E-state index in [9.17, 15) is 0 Å². The molecule has 2 aromatic heterocycles. The molecule has 0 fully saturated rings. The van der Waals surface area contributed by atoms with E-state index in [-0.39, 0.29) is 0 Å². The molecule has 0 radical (unpaired) electrons. The first-order chi connectivity index (χ1) is 13.4. The summed E-state index contributed by atoms with van der Waals surface area (Å²) in [5.74, 6) is 0. The molecule has 4 aromatic rings. The van der Waals surface area contributed by atoms with Crippen LogP contribution in [0.4, 0.5) is 0 Å². The van der Waals surface area contributed by atoms with E-state index in [1.807, 2.05) is 73.1 Å². The second-order valence-corrected chi connectivity index (χ2v) is 6.08. The monoisotopic (exact) mass is 360 g/mol. The Hall–Kier alpha value is -3.32. The molecule has 0 bridgehead atoms. The van der Waals surface area contributed by atoms with Gasteiger partial charge in [-0.1, -0.05) is 71.1 Å². The topological polar surface area (TPSA) is 70.7 Å². The third-order valence-electron chi connectivity index (χ3n) is 4.15. The molecular formula is C20H20N6O. The van der Waals surface area contributed by atoms with Crippen LogP contribution in [0.2, 0.25) is 0 Å². The van der Waals surface area contributed by atoms with Crippen LogP contribution in [0.15, 0.2) is 73.1 Å². The van der Waals surface area contributed by atoms with Crippen molar-refractivity contribution in [3.63, 3.8) is 0 Å². The molecule has 0 aliphatic heterocycles. The van der Waals surface area contributed by atoms with E-state index in [4.69, 9.17) is 4.74 Å². The molecule has 7 heteroatoms. The largest absolute Gasteiger partial charge is 0.378 e. The summed E-state index contributed by atoms with van der Waals surface area (Å²) in [5, 5.41) is 16.7.